The first-order valence-electron chi connectivity index (χ1n) is 7.40. The standard InChI is InChI=1S/C14H20N4O3S/c1-22(20,21)18-8-4-14(11-18)3-2-7-17(10-14)13(19)12-9-15-5-6-16-12/h5-6,9H,2-4,7-8,10-11H2,1H3. The van der Waals surface area contributed by atoms with E-state index >= 15 is 0 Å². The van der Waals surface area contributed by atoms with Gasteiger partial charge in [0.1, 0.15) is 5.69 Å². The first-order valence-corrected chi connectivity index (χ1v) is 9.25. The van der Waals surface area contributed by atoms with Crippen LogP contribution in [0.4, 0.5) is 0 Å². The van der Waals surface area contributed by atoms with Gasteiger partial charge < -0.3 is 4.90 Å². The Morgan fingerprint density at radius 2 is 2.05 bits per heavy atom. The predicted molar refractivity (Wildman–Crippen MR) is 80.6 cm³/mol. The third-order valence-electron chi connectivity index (χ3n) is 4.60. The molecule has 3 rings (SSSR count). The summed E-state index contributed by atoms with van der Waals surface area (Å²) in [5.41, 5.74) is 0.233. The lowest BCUT2D eigenvalue weighted by atomic mass is 9.79. The van der Waals surface area contributed by atoms with Gasteiger partial charge in [-0.05, 0) is 19.3 Å². The van der Waals surface area contributed by atoms with Crippen LogP contribution in [-0.4, -0.2) is 65.9 Å². The van der Waals surface area contributed by atoms with Gasteiger partial charge in [0.15, 0.2) is 0 Å². The number of carbonyl (C=O) groups excluding carboxylic acids is 1. The molecule has 1 aromatic rings. The molecule has 22 heavy (non-hydrogen) atoms. The maximum Gasteiger partial charge on any atom is 0.274 e. The first-order chi connectivity index (χ1) is 10.4. The lowest BCUT2D eigenvalue weighted by molar-refractivity contribution is 0.0537. The fourth-order valence-corrected chi connectivity index (χ4v) is 4.39. The van der Waals surface area contributed by atoms with E-state index < -0.39 is 10.0 Å². The Morgan fingerprint density at radius 1 is 1.23 bits per heavy atom. The minimum absolute atomic E-state index is 0.112. The average molecular weight is 324 g/mol. The van der Waals surface area contributed by atoms with Crippen molar-refractivity contribution in [1.29, 1.82) is 0 Å². The zero-order valence-corrected chi connectivity index (χ0v) is 13.4. The van der Waals surface area contributed by atoms with Crippen LogP contribution in [0.3, 0.4) is 0 Å². The molecule has 1 atom stereocenters. The van der Waals surface area contributed by atoms with Gasteiger partial charge in [-0.3, -0.25) is 9.78 Å². The normalized spacial score (nSPS) is 26.5. The van der Waals surface area contributed by atoms with Crippen molar-refractivity contribution in [2.75, 3.05) is 32.4 Å². The SMILES string of the molecule is CS(=O)(=O)N1CCC2(CCCN(C(=O)c3cnccn3)C2)C1. The van der Waals surface area contributed by atoms with Gasteiger partial charge >= 0.3 is 0 Å². The summed E-state index contributed by atoms with van der Waals surface area (Å²) < 4.78 is 25.0. The molecule has 120 valence electrons. The number of piperidine rings is 1. The molecular formula is C14H20N4O3S. The maximum atomic E-state index is 12.5. The molecule has 2 saturated heterocycles. The summed E-state index contributed by atoms with van der Waals surface area (Å²) in [5, 5.41) is 0. The van der Waals surface area contributed by atoms with Crippen molar-refractivity contribution in [3.8, 4) is 0 Å². The van der Waals surface area contributed by atoms with Gasteiger partial charge in [0, 0.05) is 44.0 Å². The van der Waals surface area contributed by atoms with Crippen LogP contribution < -0.4 is 0 Å². The van der Waals surface area contributed by atoms with Gasteiger partial charge in [0.25, 0.3) is 5.91 Å². The molecule has 1 amide bonds. The number of sulfonamides is 1. The quantitative estimate of drug-likeness (QED) is 0.784. The van der Waals surface area contributed by atoms with Gasteiger partial charge in [-0.15, -0.1) is 0 Å². The molecule has 7 nitrogen and oxygen atoms in total. The van der Waals surface area contributed by atoms with Crippen LogP contribution in [0.5, 0.6) is 0 Å². The molecule has 2 aliphatic heterocycles. The van der Waals surface area contributed by atoms with Crippen molar-refractivity contribution in [2.45, 2.75) is 19.3 Å². The summed E-state index contributed by atoms with van der Waals surface area (Å²) in [6, 6.07) is 0. The monoisotopic (exact) mass is 324 g/mol. The van der Waals surface area contributed by atoms with E-state index in [4.69, 9.17) is 0 Å². The van der Waals surface area contributed by atoms with E-state index in [-0.39, 0.29) is 11.3 Å². The molecule has 0 N–H and O–H groups in total. The second-order valence-corrected chi connectivity index (χ2v) is 8.25. The van der Waals surface area contributed by atoms with Crippen molar-refractivity contribution in [1.82, 2.24) is 19.2 Å². The van der Waals surface area contributed by atoms with Crippen LogP contribution in [0.1, 0.15) is 29.8 Å². The molecule has 0 aromatic carbocycles. The highest BCUT2D eigenvalue weighted by molar-refractivity contribution is 7.88. The molecule has 2 fully saturated rings. The van der Waals surface area contributed by atoms with Crippen molar-refractivity contribution >= 4 is 15.9 Å². The van der Waals surface area contributed by atoms with Gasteiger partial charge in [0.2, 0.25) is 10.0 Å². The van der Waals surface area contributed by atoms with Gasteiger partial charge in [-0.25, -0.2) is 17.7 Å². The summed E-state index contributed by atoms with van der Waals surface area (Å²) >= 11 is 0. The fourth-order valence-electron chi connectivity index (χ4n) is 3.46. The van der Waals surface area contributed by atoms with Crippen LogP contribution in [0.25, 0.3) is 0 Å². The molecule has 0 radical (unpaired) electrons. The number of rotatable bonds is 2. The minimum atomic E-state index is -3.16. The summed E-state index contributed by atoms with van der Waals surface area (Å²) in [4.78, 5) is 22.3. The highest BCUT2D eigenvalue weighted by atomic mass is 32.2. The summed E-state index contributed by atoms with van der Waals surface area (Å²) in [6.07, 6.45) is 8.43. The molecule has 3 heterocycles. The Balaban J connectivity index is 1.74. The minimum Gasteiger partial charge on any atom is -0.337 e. The van der Waals surface area contributed by atoms with E-state index in [0.29, 0.717) is 31.9 Å². The van der Waals surface area contributed by atoms with Crippen molar-refractivity contribution in [3.05, 3.63) is 24.3 Å². The second-order valence-electron chi connectivity index (χ2n) is 6.27. The molecule has 0 saturated carbocycles. The maximum absolute atomic E-state index is 12.5. The molecule has 1 spiro atoms. The Morgan fingerprint density at radius 3 is 2.68 bits per heavy atom. The molecule has 1 unspecified atom stereocenters. The number of likely N-dealkylation sites (tertiary alicyclic amines) is 1. The third-order valence-corrected chi connectivity index (χ3v) is 5.85. The zero-order chi connectivity index (χ0) is 15.8. The van der Waals surface area contributed by atoms with Crippen molar-refractivity contribution in [2.24, 2.45) is 5.41 Å². The Hall–Kier alpha value is -1.54. The second kappa shape index (κ2) is 5.58. The first kappa shape index (κ1) is 15.4. The smallest absolute Gasteiger partial charge is 0.274 e. The lowest BCUT2D eigenvalue weighted by Gasteiger charge is -2.40. The van der Waals surface area contributed by atoms with E-state index in [1.54, 1.807) is 4.90 Å². The Labute approximate surface area is 130 Å². The summed E-state index contributed by atoms with van der Waals surface area (Å²) in [6.45, 7) is 2.34. The molecule has 2 aliphatic rings. The lowest BCUT2D eigenvalue weighted by Crippen LogP contribution is -2.47. The van der Waals surface area contributed by atoms with Gasteiger partial charge in [-0.1, -0.05) is 0 Å². The van der Waals surface area contributed by atoms with Crippen molar-refractivity contribution in [3.63, 3.8) is 0 Å². The number of aromatic nitrogens is 2. The molecular weight excluding hydrogens is 304 g/mol. The van der Waals surface area contributed by atoms with Crippen LogP contribution in [-0.2, 0) is 10.0 Å². The number of nitrogens with zero attached hydrogens (tertiary/aromatic N) is 4. The number of hydrogen-bond acceptors (Lipinski definition) is 5. The van der Waals surface area contributed by atoms with E-state index in [9.17, 15) is 13.2 Å². The average Bonchev–Trinajstić information content (AvgIpc) is 2.91. The van der Waals surface area contributed by atoms with E-state index in [0.717, 1.165) is 19.3 Å². The number of amides is 1. The topological polar surface area (TPSA) is 83.5 Å². The third kappa shape index (κ3) is 2.98. The number of hydrogen-bond donors (Lipinski definition) is 0. The molecule has 8 heteroatoms. The van der Waals surface area contributed by atoms with Crippen LogP contribution in [0, 0.1) is 5.41 Å². The largest absolute Gasteiger partial charge is 0.337 e. The fraction of sp³-hybridized carbons (Fsp3) is 0.643. The van der Waals surface area contributed by atoms with Crippen molar-refractivity contribution < 1.29 is 13.2 Å². The van der Waals surface area contributed by atoms with E-state index in [1.807, 2.05) is 0 Å². The number of carbonyl (C=O) groups is 1. The zero-order valence-electron chi connectivity index (χ0n) is 12.6. The van der Waals surface area contributed by atoms with Gasteiger partial charge in [0.05, 0.1) is 12.5 Å². The van der Waals surface area contributed by atoms with E-state index in [2.05, 4.69) is 9.97 Å². The van der Waals surface area contributed by atoms with E-state index in [1.165, 1.54) is 29.2 Å². The molecule has 1 aromatic heterocycles. The van der Waals surface area contributed by atoms with Crippen LogP contribution in [0.2, 0.25) is 0 Å². The highest BCUT2D eigenvalue weighted by Gasteiger charge is 2.44. The molecule has 0 aliphatic carbocycles. The highest BCUT2D eigenvalue weighted by Crippen LogP contribution is 2.40. The summed E-state index contributed by atoms with van der Waals surface area (Å²) in [5.74, 6) is -0.120. The van der Waals surface area contributed by atoms with Crippen LogP contribution in [0.15, 0.2) is 18.6 Å². The predicted octanol–water partition coefficient (Wildman–Crippen LogP) is 0.364. The summed E-state index contributed by atoms with van der Waals surface area (Å²) in [7, 11) is -3.16. The van der Waals surface area contributed by atoms with Crippen LogP contribution >= 0.6 is 0 Å². The van der Waals surface area contributed by atoms with Gasteiger partial charge in [-0.2, -0.15) is 0 Å². The Kier molecular flexibility index (Phi) is 3.90. The molecule has 0 bridgehead atoms. The Bertz CT molecular complexity index is 664.